The van der Waals surface area contributed by atoms with Gasteiger partial charge < -0.3 is 10.1 Å². The molecule has 0 radical (unpaired) electrons. The molecule has 1 heterocycles. The van der Waals surface area contributed by atoms with Crippen molar-refractivity contribution in [1.29, 1.82) is 0 Å². The minimum Gasteiger partial charge on any atom is -0.454 e. The Morgan fingerprint density at radius 2 is 1.62 bits per heavy atom. The number of nitro benzene ring substituents is 1. The lowest BCUT2D eigenvalue weighted by molar-refractivity contribution is -0.383. The topological polar surface area (TPSA) is 136 Å². The lowest BCUT2D eigenvalue weighted by Crippen LogP contribution is -2.44. The Bertz CT molecular complexity index is 999. The summed E-state index contributed by atoms with van der Waals surface area (Å²) in [6, 6.07) is 10.4. The molecule has 3 amide bonds. The highest BCUT2D eigenvalue weighted by Gasteiger charge is 2.41. The summed E-state index contributed by atoms with van der Waals surface area (Å²) in [5.41, 5.74) is 0.0103. The van der Waals surface area contributed by atoms with Crippen molar-refractivity contribution in [1.82, 2.24) is 4.90 Å². The molecule has 148 valence electrons. The van der Waals surface area contributed by atoms with Crippen molar-refractivity contribution in [3.63, 3.8) is 0 Å². The van der Waals surface area contributed by atoms with Crippen molar-refractivity contribution in [2.24, 2.45) is 0 Å². The normalized spacial score (nSPS) is 13.6. The van der Waals surface area contributed by atoms with Crippen LogP contribution >= 0.6 is 0 Å². The quantitative estimate of drug-likeness (QED) is 0.339. The van der Waals surface area contributed by atoms with E-state index in [9.17, 15) is 29.3 Å². The van der Waals surface area contributed by atoms with Gasteiger partial charge in [-0.25, -0.2) is 4.79 Å². The van der Waals surface area contributed by atoms with E-state index in [2.05, 4.69) is 5.32 Å². The van der Waals surface area contributed by atoms with Crippen LogP contribution in [0.4, 0.5) is 11.4 Å². The van der Waals surface area contributed by atoms with E-state index in [4.69, 9.17) is 4.74 Å². The number of nitrogens with one attached hydrogen (secondary N) is 1. The highest BCUT2D eigenvalue weighted by Crippen LogP contribution is 2.25. The van der Waals surface area contributed by atoms with Gasteiger partial charge in [-0.15, -0.1) is 0 Å². The molecule has 1 N–H and O–H groups in total. The number of nitrogens with zero attached hydrogens (tertiary/aromatic N) is 2. The lowest BCUT2D eigenvalue weighted by atomic mass is 10.1. The monoisotopic (exact) mass is 397 g/mol. The van der Waals surface area contributed by atoms with Gasteiger partial charge in [-0.3, -0.25) is 29.4 Å². The zero-order valence-corrected chi connectivity index (χ0v) is 15.2. The standard InChI is InChI=1S/C19H15N3O7/c1-11(21-17(24)12-6-2-3-7-13(12)18(21)25)19(26)29-10-16(23)20-14-8-4-5-9-15(14)22(27)28/h2-9,11H,10H2,1H3,(H,20,23)/t11-/m1/s1. The summed E-state index contributed by atoms with van der Waals surface area (Å²) in [6.07, 6.45) is 0. The van der Waals surface area contributed by atoms with Gasteiger partial charge >= 0.3 is 5.97 Å². The summed E-state index contributed by atoms with van der Waals surface area (Å²) in [7, 11) is 0. The maximum Gasteiger partial charge on any atom is 0.329 e. The average molecular weight is 397 g/mol. The number of rotatable bonds is 6. The fourth-order valence-corrected chi connectivity index (χ4v) is 2.85. The SMILES string of the molecule is C[C@H](C(=O)OCC(=O)Nc1ccccc1[N+](=O)[O-])N1C(=O)c2ccccc2C1=O. The Balaban J connectivity index is 1.61. The van der Waals surface area contributed by atoms with Gasteiger partial charge in [0.25, 0.3) is 23.4 Å². The summed E-state index contributed by atoms with van der Waals surface area (Å²) < 4.78 is 4.88. The van der Waals surface area contributed by atoms with Crippen molar-refractivity contribution < 1.29 is 28.8 Å². The Morgan fingerprint density at radius 3 is 2.21 bits per heavy atom. The predicted molar refractivity (Wildman–Crippen MR) is 99.1 cm³/mol. The molecule has 0 aromatic heterocycles. The van der Waals surface area contributed by atoms with Crippen LogP contribution in [-0.4, -0.2) is 46.2 Å². The average Bonchev–Trinajstić information content (AvgIpc) is 2.96. The fourth-order valence-electron chi connectivity index (χ4n) is 2.85. The third-order valence-electron chi connectivity index (χ3n) is 4.27. The zero-order chi connectivity index (χ0) is 21.1. The van der Waals surface area contributed by atoms with Gasteiger partial charge in [-0.1, -0.05) is 24.3 Å². The van der Waals surface area contributed by atoms with E-state index in [0.717, 1.165) is 4.90 Å². The van der Waals surface area contributed by atoms with E-state index in [1.54, 1.807) is 12.1 Å². The number of carbonyl (C=O) groups is 4. The Morgan fingerprint density at radius 1 is 1.07 bits per heavy atom. The molecule has 0 saturated heterocycles. The first-order valence-electron chi connectivity index (χ1n) is 8.48. The summed E-state index contributed by atoms with van der Waals surface area (Å²) in [5.74, 6) is -3.02. The predicted octanol–water partition coefficient (Wildman–Crippen LogP) is 1.76. The number of benzene rings is 2. The van der Waals surface area contributed by atoms with Crippen LogP contribution in [0.5, 0.6) is 0 Å². The van der Waals surface area contributed by atoms with Crippen LogP contribution in [-0.2, 0) is 14.3 Å². The number of anilines is 1. The maximum atomic E-state index is 12.4. The number of esters is 1. The minimum atomic E-state index is -1.25. The van der Waals surface area contributed by atoms with Crippen molar-refractivity contribution >= 4 is 35.1 Å². The molecule has 10 heteroatoms. The minimum absolute atomic E-state index is 0.0491. The van der Waals surface area contributed by atoms with E-state index in [0.29, 0.717) is 0 Å². The maximum absolute atomic E-state index is 12.4. The number of fused-ring (bicyclic) bond motifs is 1. The third kappa shape index (κ3) is 3.81. The number of nitro groups is 1. The largest absolute Gasteiger partial charge is 0.454 e. The van der Waals surface area contributed by atoms with Crippen LogP contribution in [0.25, 0.3) is 0 Å². The van der Waals surface area contributed by atoms with Gasteiger partial charge in [-0.2, -0.15) is 0 Å². The summed E-state index contributed by atoms with van der Waals surface area (Å²) in [6.45, 7) is 0.572. The molecule has 0 unspecified atom stereocenters. The van der Waals surface area contributed by atoms with E-state index in [1.807, 2.05) is 0 Å². The molecule has 2 aromatic carbocycles. The molecule has 3 rings (SSSR count). The van der Waals surface area contributed by atoms with E-state index >= 15 is 0 Å². The Kier molecular flexibility index (Phi) is 5.35. The lowest BCUT2D eigenvalue weighted by Gasteiger charge is -2.20. The second kappa shape index (κ2) is 7.89. The molecule has 0 aliphatic carbocycles. The van der Waals surface area contributed by atoms with Crippen molar-refractivity contribution in [3.8, 4) is 0 Å². The third-order valence-corrected chi connectivity index (χ3v) is 4.27. The van der Waals surface area contributed by atoms with Crippen LogP contribution in [0, 0.1) is 10.1 Å². The van der Waals surface area contributed by atoms with E-state index < -0.39 is 41.3 Å². The van der Waals surface area contributed by atoms with E-state index in [1.165, 1.54) is 43.3 Å². The molecule has 29 heavy (non-hydrogen) atoms. The highest BCUT2D eigenvalue weighted by molar-refractivity contribution is 6.22. The second-order valence-corrected chi connectivity index (χ2v) is 6.13. The number of amides is 3. The molecule has 2 aromatic rings. The first kappa shape index (κ1) is 19.7. The molecule has 0 saturated carbocycles. The van der Waals surface area contributed by atoms with Gasteiger partial charge in [0, 0.05) is 6.07 Å². The van der Waals surface area contributed by atoms with Gasteiger partial charge in [0.15, 0.2) is 6.61 Å². The molecule has 0 bridgehead atoms. The number of imide groups is 1. The molecule has 0 spiro atoms. The van der Waals surface area contributed by atoms with Crippen LogP contribution < -0.4 is 5.32 Å². The summed E-state index contributed by atoms with van der Waals surface area (Å²) >= 11 is 0. The van der Waals surface area contributed by atoms with Crippen molar-refractivity contribution in [2.45, 2.75) is 13.0 Å². The molecule has 1 aliphatic heterocycles. The summed E-state index contributed by atoms with van der Waals surface area (Å²) in [4.78, 5) is 60.1. The number of hydrogen-bond acceptors (Lipinski definition) is 7. The van der Waals surface area contributed by atoms with Crippen LogP contribution in [0.1, 0.15) is 27.6 Å². The molecular formula is C19H15N3O7. The number of hydrogen-bond donors (Lipinski definition) is 1. The zero-order valence-electron chi connectivity index (χ0n) is 15.2. The van der Waals surface area contributed by atoms with Gasteiger partial charge in [0.2, 0.25) is 0 Å². The van der Waals surface area contributed by atoms with Crippen LogP contribution in [0.15, 0.2) is 48.5 Å². The highest BCUT2D eigenvalue weighted by atomic mass is 16.6. The number of carbonyl (C=O) groups excluding carboxylic acids is 4. The van der Waals surface area contributed by atoms with E-state index in [-0.39, 0.29) is 22.5 Å². The second-order valence-electron chi connectivity index (χ2n) is 6.13. The Labute approximate surface area is 164 Å². The van der Waals surface area contributed by atoms with Crippen molar-refractivity contribution in [2.75, 3.05) is 11.9 Å². The molecule has 1 atom stereocenters. The van der Waals surface area contributed by atoms with Gasteiger partial charge in [-0.05, 0) is 25.1 Å². The van der Waals surface area contributed by atoms with Crippen LogP contribution in [0.3, 0.4) is 0 Å². The molecular weight excluding hydrogens is 382 g/mol. The van der Waals surface area contributed by atoms with Gasteiger partial charge in [0.1, 0.15) is 11.7 Å². The number of para-hydroxylation sites is 2. The molecule has 10 nitrogen and oxygen atoms in total. The molecule has 1 aliphatic rings. The van der Waals surface area contributed by atoms with Crippen molar-refractivity contribution in [3.05, 3.63) is 69.8 Å². The summed E-state index contributed by atoms with van der Waals surface area (Å²) in [5, 5.41) is 13.2. The smallest absolute Gasteiger partial charge is 0.329 e. The Hall–Kier alpha value is -4.08. The first-order chi connectivity index (χ1) is 13.8. The van der Waals surface area contributed by atoms with Gasteiger partial charge in [0.05, 0.1) is 16.1 Å². The number of ether oxygens (including phenoxy) is 1. The first-order valence-corrected chi connectivity index (χ1v) is 8.48. The van der Waals surface area contributed by atoms with Crippen LogP contribution in [0.2, 0.25) is 0 Å². The fraction of sp³-hybridized carbons (Fsp3) is 0.158. The molecule has 0 fully saturated rings.